The molecule has 96 valence electrons. The Morgan fingerprint density at radius 2 is 1.61 bits per heavy atom. The largest absolute Gasteiger partial charge is 0.375 e. The van der Waals surface area contributed by atoms with Crippen molar-refractivity contribution in [1.29, 1.82) is 0 Å². The number of Topliss-reactive ketones (excluding diaryl/α,β-unsaturated/α-hetero) is 2. The molecule has 2 N–H and O–H groups in total. The summed E-state index contributed by atoms with van der Waals surface area (Å²) in [6.45, 7) is 3.02. The van der Waals surface area contributed by atoms with Crippen LogP contribution in [0.5, 0.6) is 0 Å². The van der Waals surface area contributed by atoms with Gasteiger partial charge in [-0.1, -0.05) is 11.3 Å². The summed E-state index contributed by atoms with van der Waals surface area (Å²) in [6.07, 6.45) is 3.05. The van der Waals surface area contributed by atoms with E-state index in [2.05, 4.69) is 25.9 Å². The second-order valence-electron chi connectivity index (χ2n) is 3.15. The van der Waals surface area contributed by atoms with Gasteiger partial charge in [0.15, 0.2) is 20.6 Å². The summed E-state index contributed by atoms with van der Waals surface area (Å²) in [5.41, 5.74) is 5.27. The number of thiazole rings is 2. The highest BCUT2D eigenvalue weighted by Crippen LogP contribution is 2.18. The van der Waals surface area contributed by atoms with E-state index >= 15 is 0 Å². The molecule has 2 aromatic rings. The summed E-state index contributed by atoms with van der Waals surface area (Å²) in [4.78, 5) is 30.1. The normalized spacial score (nSPS) is 9.50. The molecular formula is C10H10BrN3O2S2. The number of hydrogen-bond donors (Lipinski definition) is 1. The Kier molecular flexibility index (Phi) is 5.57. The predicted octanol–water partition coefficient (Wildman–Crippen LogP) is 3.04. The summed E-state index contributed by atoms with van der Waals surface area (Å²) in [5, 5.41) is 0.445. The molecule has 5 nitrogen and oxygen atoms in total. The van der Waals surface area contributed by atoms with Crippen molar-refractivity contribution in [3.05, 3.63) is 26.1 Å². The Morgan fingerprint density at radius 3 is 1.83 bits per heavy atom. The lowest BCUT2D eigenvalue weighted by atomic mass is 10.4. The van der Waals surface area contributed by atoms with E-state index in [0.29, 0.717) is 14.9 Å². The molecule has 2 heterocycles. The molecule has 0 saturated heterocycles. The molecule has 0 saturated carbocycles. The first-order valence-corrected chi connectivity index (χ1v) is 7.17. The standard InChI is InChI=1S/C5H4BrNOS.C5H6N2OS/c2*1-3(8)4-2-7-5(6)9-4/h2H,1H3;2H,1H3,(H2,6,7). The summed E-state index contributed by atoms with van der Waals surface area (Å²) >= 11 is 5.72. The predicted molar refractivity (Wildman–Crippen MR) is 76.3 cm³/mol. The molecule has 0 spiro atoms. The Hall–Kier alpha value is -1.12. The van der Waals surface area contributed by atoms with Crippen LogP contribution in [0, 0.1) is 0 Å². The molecule has 0 bridgehead atoms. The highest BCUT2D eigenvalue weighted by molar-refractivity contribution is 9.11. The Labute approximate surface area is 120 Å². The third-order valence-corrected chi connectivity index (χ3v) is 4.20. The number of rotatable bonds is 2. The van der Waals surface area contributed by atoms with E-state index in [1.54, 1.807) is 6.20 Å². The Morgan fingerprint density at radius 1 is 1.11 bits per heavy atom. The van der Waals surface area contributed by atoms with Gasteiger partial charge in [-0.15, -0.1) is 11.3 Å². The van der Waals surface area contributed by atoms with Crippen LogP contribution in [0.1, 0.15) is 33.2 Å². The molecule has 2 aromatic heterocycles. The van der Waals surface area contributed by atoms with E-state index in [-0.39, 0.29) is 11.6 Å². The molecule has 0 aliphatic carbocycles. The lowest BCUT2D eigenvalue weighted by molar-refractivity contribution is 0.101. The number of nitrogens with two attached hydrogens (primary N) is 1. The van der Waals surface area contributed by atoms with Gasteiger partial charge in [0.2, 0.25) is 0 Å². The van der Waals surface area contributed by atoms with Gasteiger partial charge in [0.1, 0.15) is 0 Å². The monoisotopic (exact) mass is 347 g/mol. The number of aromatic nitrogens is 2. The zero-order valence-corrected chi connectivity index (χ0v) is 12.9. The van der Waals surface area contributed by atoms with Crippen molar-refractivity contribution in [3.63, 3.8) is 0 Å². The average Bonchev–Trinajstić information content (AvgIpc) is 2.88. The molecular weight excluding hydrogens is 338 g/mol. The third-order valence-electron chi connectivity index (χ3n) is 1.70. The Bertz CT molecular complexity index is 515. The topological polar surface area (TPSA) is 85.9 Å². The van der Waals surface area contributed by atoms with Gasteiger partial charge in [0.05, 0.1) is 22.1 Å². The maximum atomic E-state index is 10.6. The molecule has 2 rings (SSSR count). The van der Waals surface area contributed by atoms with E-state index in [9.17, 15) is 9.59 Å². The SMILES string of the molecule is CC(=O)c1cnc(Br)s1.CC(=O)c1cnc(N)s1. The number of anilines is 1. The van der Waals surface area contributed by atoms with Gasteiger partial charge in [-0.25, -0.2) is 9.97 Å². The maximum Gasteiger partial charge on any atom is 0.180 e. The highest BCUT2D eigenvalue weighted by atomic mass is 79.9. The summed E-state index contributed by atoms with van der Waals surface area (Å²) in [5.74, 6) is 0.0856. The van der Waals surface area contributed by atoms with E-state index in [1.807, 2.05) is 0 Å². The van der Waals surface area contributed by atoms with Crippen LogP contribution in [0.2, 0.25) is 0 Å². The van der Waals surface area contributed by atoms with Crippen molar-refractivity contribution in [2.24, 2.45) is 0 Å². The van der Waals surface area contributed by atoms with Crippen LogP contribution in [-0.4, -0.2) is 21.5 Å². The average molecular weight is 348 g/mol. The fourth-order valence-electron chi connectivity index (χ4n) is 0.866. The van der Waals surface area contributed by atoms with Crippen LogP contribution in [-0.2, 0) is 0 Å². The number of hydrogen-bond acceptors (Lipinski definition) is 7. The van der Waals surface area contributed by atoms with Gasteiger partial charge in [0, 0.05) is 13.8 Å². The van der Waals surface area contributed by atoms with E-state index < -0.39 is 0 Å². The lowest BCUT2D eigenvalue weighted by Gasteiger charge is -1.79. The van der Waals surface area contributed by atoms with Gasteiger partial charge in [-0.3, -0.25) is 9.59 Å². The van der Waals surface area contributed by atoms with Crippen molar-refractivity contribution in [2.75, 3.05) is 5.73 Å². The van der Waals surface area contributed by atoms with Crippen molar-refractivity contribution in [3.8, 4) is 0 Å². The summed E-state index contributed by atoms with van der Waals surface area (Å²) in [6, 6.07) is 0. The van der Waals surface area contributed by atoms with Crippen molar-refractivity contribution in [2.45, 2.75) is 13.8 Å². The first kappa shape index (κ1) is 14.9. The smallest absolute Gasteiger partial charge is 0.180 e. The molecule has 18 heavy (non-hydrogen) atoms. The van der Waals surface area contributed by atoms with Crippen LogP contribution >= 0.6 is 38.6 Å². The van der Waals surface area contributed by atoms with Crippen LogP contribution in [0.25, 0.3) is 0 Å². The number of carbonyl (C=O) groups excluding carboxylic acids is 2. The van der Waals surface area contributed by atoms with Crippen LogP contribution < -0.4 is 5.73 Å². The second kappa shape index (κ2) is 6.72. The molecule has 0 aliphatic rings. The number of nitrogens with zero attached hydrogens (tertiary/aromatic N) is 2. The fourth-order valence-corrected chi connectivity index (χ4v) is 2.61. The summed E-state index contributed by atoms with van der Waals surface area (Å²) in [7, 11) is 0. The quantitative estimate of drug-likeness (QED) is 0.843. The van der Waals surface area contributed by atoms with Gasteiger partial charge in [-0.2, -0.15) is 0 Å². The molecule has 0 atom stereocenters. The van der Waals surface area contributed by atoms with Gasteiger partial charge in [-0.05, 0) is 15.9 Å². The zero-order chi connectivity index (χ0) is 13.7. The number of nitrogen functional groups attached to an aromatic ring is 1. The van der Waals surface area contributed by atoms with E-state index in [0.717, 1.165) is 3.92 Å². The molecule has 0 radical (unpaired) electrons. The first-order chi connectivity index (χ1) is 8.40. The van der Waals surface area contributed by atoms with E-state index in [4.69, 9.17) is 5.73 Å². The molecule has 0 aliphatic heterocycles. The molecule has 0 amide bonds. The summed E-state index contributed by atoms with van der Waals surface area (Å²) < 4.78 is 0.757. The minimum absolute atomic E-state index is 0.0178. The second-order valence-corrected chi connectivity index (χ2v) is 6.52. The van der Waals surface area contributed by atoms with Crippen molar-refractivity contribution < 1.29 is 9.59 Å². The van der Waals surface area contributed by atoms with Gasteiger partial charge >= 0.3 is 0 Å². The Balaban J connectivity index is 0.000000180. The molecule has 8 heteroatoms. The highest BCUT2D eigenvalue weighted by Gasteiger charge is 2.02. The van der Waals surface area contributed by atoms with Crippen molar-refractivity contribution >= 4 is 55.3 Å². The number of halogens is 1. The van der Waals surface area contributed by atoms with Crippen LogP contribution in [0.4, 0.5) is 5.13 Å². The van der Waals surface area contributed by atoms with Gasteiger partial charge in [0.25, 0.3) is 0 Å². The third kappa shape index (κ3) is 4.63. The first-order valence-electron chi connectivity index (χ1n) is 4.74. The molecule has 0 fully saturated rings. The van der Waals surface area contributed by atoms with E-state index in [1.165, 1.54) is 42.7 Å². The number of carbonyl (C=O) groups is 2. The van der Waals surface area contributed by atoms with Crippen molar-refractivity contribution in [1.82, 2.24) is 9.97 Å². The minimum atomic E-state index is 0.0178. The minimum Gasteiger partial charge on any atom is -0.375 e. The number of ketones is 2. The maximum absolute atomic E-state index is 10.6. The molecule has 0 aromatic carbocycles. The zero-order valence-electron chi connectivity index (χ0n) is 9.64. The van der Waals surface area contributed by atoms with Crippen LogP contribution in [0.15, 0.2) is 16.3 Å². The fraction of sp³-hybridized carbons (Fsp3) is 0.200. The van der Waals surface area contributed by atoms with Crippen LogP contribution in [0.3, 0.4) is 0 Å². The lowest BCUT2D eigenvalue weighted by Crippen LogP contribution is -1.83. The van der Waals surface area contributed by atoms with Gasteiger partial charge < -0.3 is 5.73 Å². The molecule has 0 unspecified atom stereocenters.